The molecule has 0 atom stereocenters. The lowest BCUT2D eigenvalue weighted by Crippen LogP contribution is -2.36. The number of morpholine rings is 1. The van der Waals surface area contributed by atoms with Crippen LogP contribution in [0.2, 0.25) is 0 Å². The molecule has 3 heteroatoms. The van der Waals surface area contributed by atoms with Crippen LogP contribution in [-0.4, -0.2) is 26.3 Å². The first kappa shape index (κ1) is 11.0. The van der Waals surface area contributed by atoms with Gasteiger partial charge in [0.1, 0.15) is 0 Å². The summed E-state index contributed by atoms with van der Waals surface area (Å²) in [5.74, 6) is 0. The van der Waals surface area contributed by atoms with Gasteiger partial charge in [0.2, 0.25) is 0 Å². The molecule has 2 rings (SSSR count). The number of ether oxygens (including phenoxy) is 1. The predicted octanol–water partition coefficient (Wildman–Crippen LogP) is 1.98. The van der Waals surface area contributed by atoms with Crippen LogP contribution in [0.5, 0.6) is 0 Å². The van der Waals surface area contributed by atoms with E-state index in [2.05, 4.69) is 35.2 Å². The summed E-state index contributed by atoms with van der Waals surface area (Å²) < 4.78 is 5.32. The number of hydrogen-bond donors (Lipinski definition) is 0. The van der Waals surface area contributed by atoms with Crippen molar-refractivity contribution in [3.63, 3.8) is 0 Å². The largest absolute Gasteiger partial charge is 0.378 e. The standard InChI is InChI=1S/C13H16N2O/c14-7-1-2-12-3-5-13(6-4-12)15-8-10-16-11-9-15/h3-6H,1-2,8-11H2. The van der Waals surface area contributed by atoms with E-state index in [0.717, 1.165) is 32.7 Å². The first-order valence-electron chi connectivity index (χ1n) is 5.69. The van der Waals surface area contributed by atoms with E-state index in [4.69, 9.17) is 10.00 Å². The summed E-state index contributed by atoms with van der Waals surface area (Å²) in [6, 6.07) is 10.7. The van der Waals surface area contributed by atoms with Crippen molar-refractivity contribution < 1.29 is 4.74 Å². The molecule has 0 saturated carbocycles. The van der Waals surface area contributed by atoms with Crippen molar-refractivity contribution in [2.24, 2.45) is 0 Å². The molecular formula is C13H16N2O. The Morgan fingerprint density at radius 2 is 1.88 bits per heavy atom. The molecular weight excluding hydrogens is 200 g/mol. The lowest BCUT2D eigenvalue weighted by atomic mass is 10.1. The summed E-state index contributed by atoms with van der Waals surface area (Å²) in [6.07, 6.45) is 1.44. The summed E-state index contributed by atoms with van der Waals surface area (Å²) in [5, 5.41) is 8.51. The highest BCUT2D eigenvalue weighted by Crippen LogP contribution is 2.17. The maximum absolute atomic E-state index is 8.51. The first-order valence-corrected chi connectivity index (χ1v) is 5.69. The molecule has 84 valence electrons. The maximum atomic E-state index is 8.51. The lowest BCUT2D eigenvalue weighted by molar-refractivity contribution is 0.122. The third-order valence-corrected chi connectivity index (χ3v) is 2.84. The normalized spacial score (nSPS) is 15.8. The van der Waals surface area contributed by atoms with E-state index in [0.29, 0.717) is 6.42 Å². The zero-order valence-electron chi connectivity index (χ0n) is 9.35. The Morgan fingerprint density at radius 3 is 2.50 bits per heavy atom. The van der Waals surface area contributed by atoms with Crippen LogP contribution in [-0.2, 0) is 11.2 Å². The summed E-state index contributed by atoms with van der Waals surface area (Å²) in [5.41, 5.74) is 2.49. The van der Waals surface area contributed by atoms with Crippen LogP contribution in [0.4, 0.5) is 5.69 Å². The van der Waals surface area contributed by atoms with Gasteiger partial charge in [-0.25, -0.2) is 0 Å². The van der Waals surface area contributed by atoms with Gasteiger partial charge in [-0.15, -0.1) is 0 Å². The highest BCUT2D eigenvalue weighted by Gasteiger charge is 2.10. The number of nitrogens with zero attached hydrogens (tertiary/aromatic N) is 2. The van der Waals surface area contributed by atoms with Crippen molar-refractivity contribution in [3.05, 3.63) is 29.8 Å². The molecule has 0 spiro atoms. The fourth-order valence-corrected chi connectivity index (χ4v) is 1.90. The summed E-state index contributed by atoms with van der Waals surface area (Å²) in [6.45, 7) is 3.57. The first-order chi connectivity index (χ1) is 7.90. The van der Waals surface area contributed by atoms with Gasteiger partial charge in [-0.1, -0.05) is 12.1 Å². The predicted molar refractivity (Wildman–Crippen MR) is 63.4 cm³/mol. The third-order valence-electron chi connectivity index (χ3n) is 2.84. The average molecular weight is 216 g/mol. The quantitative estimate of drug-likeness (QED) is 0.775. The molecule has 1 aliphatic heterocycles. The van der Waals surface area contributed by atoms with Gasteiger partial charge in [0, 0.05) is 25.2 Å². The number of benzene rings is 1. The highest BCUT2D eigenvalue weighted by molar-refractivity contribution is 5.47. The van der Waals surface area contributed by atoms with E-state index in [9.17, 15) is 0 Å². The van der Waals surface area contributed by atoms with Crippen LogP contribution < -0.4 is 4.90 Å². The van der Waals surface area contributed by atoms with Gasteiger partial charge < -0.3 is 9.64 Å². The van der Waals surface area contributed by atoms with Gasteiger partial charge in [-0.05, 0) is 24.1 Å². The van der Waals surface area contributed by atoms with Gasteiger partial charge in [0.15, 0.2) is 0 Å². The Balaban J connectivity index is 1.98. The molecule has 1 heterocycles. The summed E-state index contributed by atoms with van der Waals surface area (Å²) in [7, 11) is 0. The zero-order chi connectivity index (χ0) is 11.2. The van der Waals surface area contributed by atoms with E-state index in [1.165, 1.54) is 11.3 Å². The molecule has 0 N–H and O–H groups in total. The fourth-order valence-electron chi connectivity index (χ4n) is 1.90. The van der Waals surface area contributed by atoms with Crippen molar-refractivity contribution in [3.8, 4) is 6.07 Å². The second kappa shape index (κ2) is 5.53. The van der Waals surface area contributed by atoms with E-state index in [-0.39, 0.29) is 0 Å². The van der Waals surface area contributed by atoms with Crippen LogP contribution in [0.1, 0.15) is 12.0 Å². The lowest BCUT2D eigenvalue weighted by Gasteiger charge is -2.28. The molecule has 0 aromatic heterocycles. The van der Waals surface area contributed by atoms with E-state index < -0.39 is 0 Å². The molecule has 0 unspecified atom stereocenters. The molecule has 0 bridgehead atoms. The Bertz CT molecular complexity index is 361. The van der Waals surface area contributed by atoms with Gasteiger partial charge in [0.25, 0.3) is 0 Å². The molecule has 0 radical (unpaired) electrons. The van der Waals surface area contributed by atoms with E-state index in [1.54, 1.807) is 0 Å². The zero-order valence-corrected chi connectivity index (χ0v) is 9.35. The van der Waals surface area contributed by atoms with Crippen molar-refractivity contribution in [1.82, 2.24) is 0 Å². The highest BCUT2D eigenvalue weighted by atomic mass is 16.5. The topological polar surface area (TPSA) is 36.3 Å². The fraction of sp³-hybridized carbons (Fsp3) is 0.462. The van der Waals surface area contributed by atoms with Crippen LogP contribution in [0.15, 0.2) is 24.3 Å². The van der Waals surface area contributed by atoms with Crippen molar-refractivity contribution in [2.75, 3.05) is 31.2 Å². The van der Waals surface area contributed by atoms with Gasteiger partial charge in [-0.3, -0.25) is 0 Å². The van der Waals surface area contributed by atoms with Gasteiger partial charge in [0.05, 0.1) is 19.3 Å². The van der Waals surface area contributed by atoms with Crippen molar-refractivity contribution in [2.45, 2.75) is 12.8 Å². The van der Waals surface area contributed by atoms with Crippen LogP contribution in [0.3, 0.4) is 0 Å². The summed E-state index contributed by atoms with van der Waals surface area (Å²) in [4.78, 5) is 2.33. The van der Waals surface area contributed by atoms with Crippen LogP contribution in [0, 0.1) is 11.3 Å². The van der Waals surface area contributed by atoms with Crippen LogP contribution >= 0.6 is 0 Å². The van der Waals surface area contributed by atoms with Crippen LogP contribution in [0.25, 0.3) is 0 Å². The molecule has 1 aromatic rings. The number of aryl methyl sites for hydroxylation is 1. The molecule has 1 aliphatic rings. The smallest absolute Gasteiger partial charge is 0.0642 e. The molecule has 0 amide bonds. The molecule has 1 fully saturated rings. The van der Waals surface area contributed by atoms with E-state index >= 15 is 0 Å². The second-order valence-electron chi connectivity index (χ2n) is 3.92. The Kier molecular flexibility index (Phi) is 3.79. The summed E-state index contributed by atoms with van der Waals surface area (Å²) >= 11 is 0. The minimum Gasteiger partial charge on any atom is -0.378 e. The van der Waals surface area contributed by atoms with Gasteiger partial charge in [-0.2, -0.15) is 5.26 Å². The molecule has 0 aliphatic carbocycles. The third kappa shape index (κ3) is 2.74. The van der Waals surface area contributed by atoms with Gasteiger partial charge >= 0.3 is 0 Å². The molecule has 1 saturated heterocycles. The van der Waals surface area contributed by atoms with Crippen molar-refractivity contribution in [1.29, 1.82) is 5.26 Å². The number of anilines is 1. The molecule has 1 aromatic carbocycles. The number of nitriles is 1. The Hall–Kier alpha value is -1.53. The minimum atomic E-state index is 0.594. The average Bonchev–Trinajstić information content (AvgIpc) is 2.38. The Morgan fingerprint density at radius 1 is 1.19 bits per heavy atom. The van der Waals surface area contributed by atoms with E-state index in [1.807, 2.05) is 0 Å². The SMILES string of the molecule is N#CCCc1ccc(N2CCOCC2)cc1. The number of hydrogen-bond acceptors (Lipinski definition) is 3. The number of rotatable bonds is 3. The monoisotopic (exact) mass is 216 g/mol. The van der Waals surface area contributed by atoms with Crippen molar-refractivity contribution >= 4 is 5.69 Å². The minimum absolute atomic E-state index is 0.594. The second-order valence-corrected chi connectivity index (χ2v) is 3.92. The Labute approximate surface area is 96.2 Å². The molecule has 3 nitrogen and oxygen atoms in total. The molecule has 16 heavy (non-hydrogen) atoms. The maximum Gasteiger partial charge on any atom is 0.0642 e.